The number of aromatic nitrogens is 1. The second-order valence-corrected chi connectivity index (χ2v) is 7.62. The topological polar surface area (TPSA) is 36.1 Å². The lowest BCUT2D eigenvalue weighted by Gasteiger charge is -2.21. The van der Waals surface area contributed by atoms with E-state index >= 15 is 0 Å². The number of aromatic amines is 1. The van der Waals surface area contributed by atoms with Crippen molar-refractivity contribution in [2.75, 3.05) is 13.1 Å². The number of nitrogens with zero attached hydrogens (tertiary/aromatic N) is 1. The summed E-state index contributed by atoms with van der Waals surface area (Å²) < 4.78 is 0. The van der Waals surface area contributed by atoms with Crippen LogP contribution in [0.4, 0.5) is 0 Å². The Balaban J connectivity index is 1.67. The Morgan fingerprint density at radius 1 is 1.07 bits per heavy atom. The van der Waals surface area contributed by atoms with Crippen LogP contribution in [0.3, 0.4) is 0 Å². The molecule has 1 fully saturated rings. The summed E-state index contributed by atoms with van der Waals surface area (Å²) in [6.07, 6.45) is 6.90. The Morgan fingerprint density at radius 3 is 2.59 bits per heavy atom. The number of hydrogen-bond donors (Lipinski definition) is 1. The van der Waals surface area contributed by atoms with Crippen LogP contribution in [0.5, 0.6) is 0 Å². The summed E-state index contributed by atoms with van der Waals surface area (Å²) >= 11 is 0. The number of amides is 1. The number of carbonyl (C=O) groups is 1. The van der Waals surface area contributed by atoms with Gasteiger partial charge in [0.1, 0.15) is 0 Å². The van der Waals surface area contributed by atoms with E-state index in [1.807, 2.05) is 11.0 Å². The summed E-state index contributed by atoms with van der Waals surface area (Å²) in [4.78, 5) is 18.5. The summed E-state index contributed by atoms with van der Waals surface area (Å²) in [5.41, 5.74) is 5.12. The van der Waals surface area contributed by atoms with Crippen LogP contribution in [0, 0.1) is 0 Å². The maximum atomic E-state index is 12.9. The van der Waals surface area contributed by atoms with Crippen molar-refractivity contribution >= 4 is 16.8 Å². The average Bonchev–Trinajstić information content (AvgIpc) is 3.38. The zero-order valence-corrected chi connectivity index (χ0v) is 16.1. The fourth-order valence-corrected chi connectivity index (χ4v) is 4.37. The van der Waals surface area contributed by atoms with Gasteiger partial charge in [-0.25, -0.2) is 0 Å². The van der Waals surface area contributed by atoms with E-state index in [0.29, 0.717) is 12.3 Å². The van der Waals surface area contributed by atoms with Crippen molar-refractivity contribution in [2.45, 2.75) is 44.9 Å². The van der Waals surface area contributed by atoms with Crippen LogP contribution in [0.15, 0.2) is 54.7 Å². The van der Waals surface area contributed by atoms with E-state index in [1.54, 1.807) is 0 Å². The molecule has 1 N–H and O–H groups in total. The summed E-state index contributed by atoms with van der Waals surface area (Å²) in [5.74, 6) is 0.496. The quantitative estimate of drug-likeness (QED) is 0.654. The average molecular weight is 361 g/mol. The molecule has 0 spiro atoms. The molecular formula is C24H28N2O. The maximum absolute atomic E-state index is 12.9. The number of aryl methyl sites for hydroxylation is 1. The lowest BCUT2D eigenvalue weighted by Crippen LogP contribution is -2.29. The van der Waals surface area contributed by atoms with E-state index in [0.717, 1.165) is 38.8 Å². The Bertz CT molecular complexity index is 907. The molecule has 1 aliphatic rings. The smallest absolute Gasteiger partial charge is 0.223 e. The van der Waals surface area contributed by atoms with Gasteiger partial charge in [0, 0.05) is 36.6 Å². The first-order valence-electron chi connectivity index (χ1n) is 10.2. The van der Waals surface area contributed by atoms with Crippen LogP contribution in [0.25, 0.3) is 10.9 Å². The molecule has 4 rings (SSSR count). The first-order valence-corrected chi connectivity index (χ1v) is 10.2. The SMILES string of the molecule is CCc1cccc2c(C(CC(=O)N3CCCC3)Cc3ccccc3)c[nH]c12. The Hall–Kier alpha value is -2.55. The van der Waals surface area contributed by atoms with Crippen molar-refractivity contribution in [3.05, 3.63) is 71.4 Å². The summed E-state index contributed by atoms with van der Waals surface area (Å²) in [6, 6.07) is 17.1. The van der Waals surface area contributed by atoms with E-state index in [-0.39, 0.29) is 5.92 Å². The molecule has 1 aliphatic heterocycles. The lowest BCUT2D eigenvalue weighted by atomic mass is 9.88. The van der Waals surface area contributed by atoms with Gasteiger partial charge in [-0.15, -0.1) is 0 Å². The third-order valence-corrected chi connectivity index (χ3v) is 5.86. The highest BCUT2D eigenvalue weighted by Crippen LogP contribution is 2.33. The molecule has 3 nitrogen and oxygen atoms in total. The zero-order chi connectivity index (χ0) is 18.6. The zero-order valence-electron chi connectivity index (χ0n) is 16.1. The molecule has 3 aromatic rings. The number of likely N-dealkylation sites (tertiary alicyclic amines) is 1. The second-order valence-electron chi connectivity index (χ2n) is 7.62. The Kier molecular flexibility index (Phi) is 5.28. The number of H-pyrrole nitrogens is 1. The van der Waals surface area contributed by atoms with E-state index in [9.17, 15) is 4.79 Å². The third kappa shape index (κ3) is 3.78. The van der Waals surface area contributed by atoms with Crippen LogP contribution in [-0.4, -0.2) is 28.9 Å². The van der Waals surface area contributed by atoms with Gasteiger partial charge in [0.2, 0.25) is 5.91 Å². The van der Waals surface area contributed by atoms with Crippen LogP contribution in [0.2, 0.25) is 0 Å². The van der Waals surface area contributed by atoms with Crippen LogP contribution in [-0.2, 0) is 17.6 Å². The van der Waals surface area contributed by atoms with Gasteiger partial charge in [-0.2, -0.15) is 0 Å². The molecule has 1 atom stereocenters. The molecule has 2 heterocycles. The van der Waals surface area contributed by atoms with Gasteiger partial charge in [-0.1, -0.05) is 55.5 Å². The summed E-state index contributed by atoms with van der Waals surface area (Å²) in [7, 11) is 0. The molecule has 1 saturated heterocycles. The molecule has 0 saturated carbocycles. The van der Waals surface area contributed by atoms with Gasteiger partial charge < -0.3 is 9.88 Å². The number of benzene rings is 2. The van der Waals surface area contributed by atoms with E-state index < -0.39 is 0 Å². The highest BCUT2D eigenvalue weighted by atomic mass is 16.2. The van der Waals surface area contributed by atoms with E-state index in [4.69, 9.17) is 0 Å². The van der Waals surface area contributed by atoms with Crippen molar-refractivity contribution in [2.24, 2.45) is 0 Å². The number of carbonyl (C=O) groups excluding carboxylic acids is 1. The highest BCUT2D eigenvalue weighted by Gasteiger charge is 2.25. The molecule has 1 amide bonds. The first-order chi connectivity index (χ1) is 13.3. The van der Waals surface area contributed by atoms with E-state index in [2.05, 4.69) is 60.6 Å². The van der Waals surface area contributed by atoms with Crippen LogP contribution < -0.4 is 0 Å². The van der Waals surface area contributed by atoms with Crippen molar-refractivity contribution in [3.8, 4) is 0 Å². The summed E-state index contributed by atoms with van der Waals surface area (Å²) in [6.45, 7) is 4.03. The van der Waals surface area contributed by atoms with E-state index in [1.165, 1.54) is 27.6 Å². The van der Waals surface area contributed by atoms with Crippen LogP contribution in [0.1, 0.15) is 48.8 Å². The monoisotopic (exact) mass is 360 g/mol. The van der Waals surface area contributed by atoms with Gasteiger partial charge >= 0.3 is 0 Å². The lowest BCUT2D eigenvalue weighted by molar-refractivity contribution is -0.130. The van der Waals surface area contributed by atoms with Crippen molar-refractivity contribution < 1.29 is 4.79 Å². The number of para-hydroxylation sites is 1. The van der Waals surface area contributed by atoms with Crippen LogP contribution >= 0.6 is 0 Å². The Morgan fingerprint density at radius 2 is 1.85 bits per heavy atom. The van der Waals surface area contributed by atoms with Gasteiger partial charge in [-0.3, -0.25) is 4.79 Å². The Labute approximate surface area is 161 Å². The van der Waals surface area contributed by atoms with Crippen molar-refractivity contribution in [3.63, 3.8) is 0 Å². The minimum Gasteiger partial charge on any atom is -0.361 e. The predicted molar refractivity (Wildman–Crippen MR) is 111 cm³/mol. The van der Waals surface area contributed by atoms with Gasteiger partial charge in [0.25, 0.3) is 0 Å². The minimum atomic E-state index is 0.196. The molecule has 0 bridgehead atoms. The molecule has 3 heteroatoms. The normalized spacial score (nSPS) is 15.4. The molecule has 0 radical (unpaired) electrons. The largest absolute Gasteiger partial charge is 0.361 e. The van der Waals surface area contributed by atoms with Gasteiger partial charge in [0.15, 0.2) is 0 Å². The standard InChI is InChI=1S/C24H28N2O/c1-2-19-11-8-12-21-22(17-25-24(19)21)20(15-18-9-4-3-5-10-18)16-23(27)26-13-6-7-14-26/h3-5,8-12,17,20,25H,2,6-7,13-16H2,1H3. The minimum absolute atomic E-state index is 0.196. The molecular weight excluding hydrogens is 332 g/mol. The fourth-order valence-electron chi connectivity index (χ4n) is 4.37. The third-order valence-electron chi connectivity index (χ3n) is 5.86. The molecule has 0 aliphatic carbocycles. The molecule has 1 aromatic heterocycles. The molecule has 2 aromatic carbocycles. The number of nitrogens with one attached hydrogen (secondary N) is 1. The fraction of sp³-hybridized carbons (Fsp3) is 0.375. The van der Waals surface area contributed by atoms with Gasteiger partial charge in [-0.05, 0) is 48.3 Å². The highest BCUT2D eigenvalue weighted by molar-refractivity contribution is 5.87. The van der Waals surface area contributed by atoms with Crippen molar-refractivity contribution in [1.82, 2.24) is 9.88 Å². The molecule has 1 unspecified atom stereocenters. The summed E-state index contributed by atoms with van der Waals surface area (Å²) in [5, 5.41) is 1.27. The maximum Gasteiger partial charge on any atom is 0.223 e. The number of hydrogen-bond acceptors (Lipinski definition) is 1. The first kappa shape index (κ1) is 17.8. The second kappa shape index (κ2) is 7.99. The molecule has 140 valence electrons. The number of fused-ring (bicyclic) bond motifs is 1. The van der Waals surface area contributed by atoms with Gasteiger partial charge in [0.05, 0.1) is 0 Å². The number of rotatable bonds is 6. The predicted octanol–water partition coefficient (Wildman–Crippen LogP) is 5.07. The molecule has 27 heavy (non-hydrogen) atoms. The van der Waals surface area contributed by atoms with Crippen molar-refractivity contribution in [1.29, 1.82) is 0 Å².